The van der Waals surface area contributed by atoms with Gasteiger partial charge < -0.3 is 9.84 Å². The summed E-state index contributed by atoms with van der Waals surface area (Å²) in [6.45, 7) is 0. The van der Waals surface area contributed by atoms with Crippen molar-refractivity contribution in [2.75, 3.05) is 0 Å². The van der Waals surface area contributed by atoms with Gasteiger partial charge in [-0.3, -0.25) is 0 Å². The Kier molecular flexibility index (Phi) is 4.97. The fraction of sp³-hybridized carbons (Fsp3) is 0.235. The molecule has 1 N–H and O–H groups in total. The summed E-state index contributed by atoms with van der Waals surface area (Å²) >= 11 is 5.84. The summed E-state index contributed by atoms with van der Waals surface area (Å²) in [5.41, 5.74) is -0.172. The molecule has 0 bridgehead atoms. The number of rotatable bonds is 3. The SMILES string of the molecule is O=C(O)N1C(=O)OC(c2cccc(Cl)n2)C1Cc1ccc(C(F)(F)F)cc1. The molecule has 2 atom stereocenters. The van der Waals surface area contributed by atoms with Gasteiger partial charge in [0.25, 0.3) is 0 Å². The van der Waals surface area contributed by atoms with Gasteiger partial charge in [-0.15, -0.1) is 0 Å². The van der Waals surface area contributed by atoms with Crippen LogP contribution in [-0.4, -0.2) is 33.2 Å². The van der Waals surface area contributed by atoms with Crippen LogP contribution in [0.25, 0.3) is 0 Å². The number of aromatic nitrogens is 1. The molecule has 0 saturated carbocycles. The van der Waals surface area contributed by atoms with E-state index in [9.17, 15) is 27.9 Å². The molecule has 2 unspecified atom stereocenters. The van der Waals surface area contributed by atoms with Crippen LogP contribution in [0.5, 0.6) is 0 Å². The molecular formula is C17H12ClF3N2O4. The van der Waals surface area contributed by atoms with Crippen LogP contribution >= 0.6 is 11.6 Å². The van der Waals surface area contributed by atoms with Crippen molar-refractivity contribution >= 4 is 23.8 Å². The van der Waals surface area contributed by atoms with Crippen molar-refractivity contribution in [3.8, 4) is 0 Å². The Bertz CT molecular complexity index is 873. The summed E-state index contributed by atoms with van der Waals surface area (Å²) in [5, 5.41) is 9.46. The Morgan fingerprint density at radius 3 is 2.44 bits per heavy atom. The minimum atomic E-state index is -4.48. The highest BCUT2D eigenvalue weighted by molar-refractivity contribution is 6.29. The summed E-state index contributed by atoms with van der Waals surface area (Å²) in [7, 11) is 0. The van der Waals surface area contributed by atoms with Crippen molar-refractivity contribution in [1.29, 1.82) is 0 Å². The van der Waals surface area contributed by atoms with E-state index in [-0.39, 0.29) is 17.3 Å². The standard InChI is InChI=1S/C17H12ClF3N2O4/c18-13-3-1-2-11(22-13)14-12(23(15(24)25)16(26)27-14)8-9-4-6-10(7-5-9)17(19,20)21/h1-7,12,14H,8H2,(H,24,25). The summed E-state index contributed by atoms with van der Waals surface area (Å²) in [4.78, 5) is 28.0. The van der Waals surface area contributed by atoms with E-state index in [2.05, 4.69) is 4.98 Å². The molecule has 0 aliphatic carbocycles. The molecule has 0 radical (unpaired) electrons. The smallest absolute Gasteiger partial charge is 0.420 e. The second kappa shape index (κ2) is 7.07. The average Bonchev–Trinajstić information content (AvgIpc) is 2.91. The number of carboxylic acid groups (broad SMARTS) is 1. The van der Waals surface area contributed by atoms with Crippen LogP contribution in [0, 0.1) is 0 Å². The summed E-state index contributed by atoms with van der Waals surface area (Å²) in [5.74, 6) is 0. The van der Waals surface area contributed by atoms with Gasteiger partial charge in [-0.25, -0.2) is 19.5 Å². The normalized spacial score (nSPS) is 19.9. The summed E-state index contributed by atoms with van der Waals surface area (Å²) < 4.78 is 43.2. The minimum Gasteiger partial charge on any atom is -0.465 e. The quantitative estimate of drug-likeness (QED) is 0.765. The van der Waals surface area contributed by atoms with Crippen molar-refractivity contribution in [3.05, 3.63) is 64.4 Å². The lowest BCUT2D eigenvalue weighted by molar-refractivity contribution is -0.137. The van der Waals surface area contributed by atoms with E-state index in [4.69, 9.17) is 16.3 Å². The number of hydrogen-bond acceptors (Lipinski definition) is 4. The van der Waals surface area contributed by atoms with Crippen LogP contribution in [0.4, 0.5) is 22.8 Å². The molecule has 2 heterocycles. The van der Waals surface area contributed by atoms with Crippen molar-refractivity contribution in [3.63, 3.8) is 0 Å². The summed E-state index contributed by atoms with van der Waals surface area (Å²) in [6, 6.07) is 7.84. The molecule has 0 spiro atoms. The number of alkyl halides is 3. The molecule has 10 heteroatoms. The highest BCUT2D eigenvalue weighted by Crippen LogP contribution is 2.35. The van der Waals surface area contributed by atoms with Crippen LogP contribution < -0.4 is 0 Å². The third kappa shape index (κ3) is 3.97. The van der Waals surface area contributed by atoms with Crippen molar-refractivity contribution in [2.24, 2.45) is 0 Å². The number of imide groups is 1. The number of amides is 2. The lowest BCUT2D eigenvalue weighted by atomic mass is 9.98. The zero-order valence-electron chi connectivity index (χ0n) is 13.5. The van der Waals surface area contributed by atoms with Crippen molar-refractivity contribution < 1.29 is 32.6 Å². The Morgan fingerprint density at radius 1 is 1.22 bits per heavy atom. The molecule has 27 heavy (non-hydrogen) atoms. The fourth-order valence-electron chi connectivity index (χ4n) is 2.84. The van der Waals surface area contributed by atoms with Crippen molar-refractivity contribution in [2.45, 2.75) is 24.7 Å². The Labute approximate surface area is 156 Å². The first-order valence-corrected chi connectivity index (χ1v) is 8.06. The van der Waals surface area contributed by atoms with Gasteiger partial charge in [0.05, 0.1) is 17.3 Å². The topological polar surface area (TPSA) is 79.7 Å². The monoisotopic (exact) mass is 400 g/mol. The first kappa shape index (κ1) is 19.0. The molecule has 1 aliphatic heterocycles. The van der Waals surface area contributed by atoms with Crippen LogP contribution in [0.3, 0.4) is 0 Å². The molecule has 1 saturated heterocycles. The van der Waals surface area contributed by atoms with Gasteiger partial charge in [-0.1, -0.05) is 29.8 Å². The largest absolute Gasteiger partial charge is 0.465 e. The zero-order chi connectivity index (χ0) is 19.8. The second-order valence-electron chi connectivity index (χ2n) is 5.81. The molecule has 2 aromatic rings. The maximum atomic E-state index is 12.7. The molecular weight excluding hydrogens is 389 g/mol. The van der Waals surface area contributed by atoms with Gasteiger partial charge in [0.2, 0.25) is 0 Å². The average molecular weight is 401 g/mol. The first-order valence-electron chi connectivity index (χ1n) is 7.68. The lowest BCUT2D eigenvalue weighted by Crippen LogP contribution is -2.40. The number of pyridine rings is 1. The van der Waals surface area contributed by atoms with Crippen LogP contribution in [0.2, 0.25) is 5.15 Å². The Morgan fingerprint density at radius 2 is 1.89 bits per heavy atom. The maximum Gasteiger partial charge on any atom is 0.420 e. The Hall–Kier alpha value is -2.81. The van der Waals surface area contributed by atoms with E-state index < -0.39 is 36.1 Å². The molecule has 142 valence electrons. The molecule has 3 rings (SSSR count). The highest BCUT2D eigenvalue weighted by atomic mass is 35.5. The van der Waals surface area contributed by atoms with E-state index in [1.54, 1.807) is 6.07 Å². The number of hydrogen-bond donors (Lipinski definition) is 1. The number of nitrogens with zero attached hydrogens (tertiary/aromatic N) is 2. The lowest BCUT2D eigenvalue weighted by Gasteiger charge is -2.21. The molecule has 1 aromatic carbocycles. The molecule has 2 amide bonds. The fourth-order valence-corrected chi connectivity index (χ4v) is 3.01. The van der Waals surface area contributed by atoms with Gasteiger partial charge >= 0.3 is 18.4 Å². The summed E-state index contributed by atoms with van der Waals surface area (Å²) in [6.07, 6.45) is -8.16. The third-order valence-corrected chi connectivity index (χ3v) is 4.28. The number of carbonyl (C=O) groups is 2. The van der Waals surface area contributed by atoms with Crippen LogP contribution in [0.15, 0.2) is 42.5 Å². The predicted octanol–water partition coefficient (Wildman–Crippen LogP) is 4.54. The second-order valence-corrected chi connectivity index (χ2v) is 6.20. The van der Waals surface area contributed by atoms with Crippen molar-refractivity contribution in [1.82, 2.24) is 9.88 Å². The number of halogens is 4. The van der Waals surface area contributed by atoms with Crippen LogP contribution in [0.1, 0.15) is 22.9 Å². The van der Waals surface area contributed by atoms with E-state index >= 15 is 0 Å². The number of cyclic esters (lactones) is 1. The molecule has 1 aliphatic rings. The van der Waals surface area contributed by atoms with Gasteiger partial charge in [0.15, 0.2) is 6.10 Å². The highest BCUT2D eigenvalue weighted by Gasteiger charge is 2.47. The number of ether oxygens (including phenoxy) is 1. The van der Waals surface area contributed by atoms with Gasteiger partial charge in [-0.05, 0) is 36.2 Å². The van der Waals surface area contributed by atoms with E-state index in [0.717, 1.165) is 12.1 Å². The number of benzene rings is 1. The maximum absolute atomic E-state index is 12.7. The molecule has 6 nitrogen and oxygen atoms in total. The molecule has 1 fully saturated rings. The van der Waals surface area contributed by atoms with Gasteiger partial charge in [-0.2, -0.15) is 13.2 Å². The third-order valence-electron chi connectivity index (χ3n) is 4.07. The molecule has 1 aromatic heterocycles. The van der Waals surface area contributed by atoms with E-state index in [0.29, 0.717) is 10.5 Å². The van der Waals surface area contributed by atoms with E-state index in [1.165, 1.54) is 24.3 Å². The van der Waals surface area contributed by atoms with E-state index in [1.807, 2.05) is 0 Å². The van der Waals surface area contributed by atoms with Gasteiger partial charge in [0.1, 0.15) is 5.15 Å². The number of carbonyl (C=O) groups excluding carboxylic acids is 1. The zero-order valence-corrected chi connectivity index (χ0v) is 14.2. The first-order chi connectivity index (χ1) is 12.7. The Balaban J connectivity index is 1.92. The minimum absolute atomic E-state index is 0.0466. The predicted molar refractivity (Wildman–Crippen MR) is 87.3 cm³/mol. The van der Waals surface area contributed by atoms with Crippen LogP contribution in [-0.2, 0) is 17.3 Å². The van der Waals surface area contributed by atoms with Gasteiger partial charge in [0, 0.05) is 0 Å².